The minimum absolute atomic E-state index is 0.0446. The van der Waals surface area contributed by atoms with Crippen molar-refractivity contribution in [2.24, 2.45) is 10.4 Å². The minimum atomic E-state index is -0.0446. The molecule has 0 aromatic heterocycles. The third-order valence-corrected chi connectivity index (χ3v) is 1.29. The van der Waals surface area contributed by atoms with E-state index in [0.29, 0.717) is 0 Å². The molecule has 0 aliphatic carbocycles. The molecule has 0 amide bonds. The fourth-order valence-electron chi connectivity index (χ4n) is 0.674. The fraction of sp³-hybridized carbons (Fsp3) is 0.556. The van der Waals surface area contributed by atoms with E-state index in [2.05, 4.69) is 10.3 Å². The standard InChI is InChI=1S/C9H17N3/c1-5-6-11-8(12-7-10)9(2,3)4/h5-7H,1-4H3,(H2,10,11,12)/b6-5-. The van der Waals surface area contributed by atoms with Crippen molar-refractivity contribution in [2.45, 2.75) is 27.7 Å². The lowest BCUT2D eigenvalue weighted by molar-refractivity contribution is 0.576. The number of amidine groups is 1. The highest BCUT2D eigenvalue weighted by Gasteiger charge is 2.17. The highest BCUT2D eigenvalue weighted by atomic mass is 15.0. The number of rotatable bonds is 2. The summed E-state index contributed by atoms with van der Waals surface area (Å²) >= 11 is 0. The van der Waals surface area contributed by atoms with E-state index in [1.54, 1.807) is 0 Å². The van der Waals surface area contributed by atoms with Crippen LogP contribution >= 0.6 is 0 Å². The topological polar surface area (TPSA) is 48.2 Å². The van der Waals surface area contributed by atoms with Gasteiger partial charge in [0.2, 0.25) is 0 Å². The van der Waals surface area contributed by atoms with Gasteiger partial charge in [0.05, 0.1) is 0 Å². The fourth-order valence-corrected chi connectivity index (χ4v) is 0.674. The molecule has 12 heavy (non-hydrogen) atoms. The van der Waals surface area contributed by atoms with Gasteiger partial charge in [-0.1, -0.05) is 26.8 Å². The molecule has 0 saturated heterocycles. The summed E-state index contributed by atoms with van der Waals surface area (Å²) in [5.41, 5.74) is -0.0446. The quantitative estimate of drug-likeness (QED) is 0.480. The molecule has 68 valence electrons. The molecule has 0 atom stereocenters. The number of nitrogens with zero attached hydrogens (tertiary/aromatic N) is 1. The summed E-state index contributed by atoms with van der Waals surface area (Å²) in [6, 6.07) is 0. The molecule has 3 heteroatoms. The second-order valence-corrected chi connectivity index (χ2v) is 3.50. The van der Waals surface area contributed by atoms with E-state index < -0.39 is 0 Å². The molecule has 0 aliphatic rings. The van der Waals surface area contributed by atoms with Crippen LogP contribution in [0.15, 0.2) is 17.3 Å². The van der Waals surface area contributed by atoms with Gasteiger partial charge in [0.1, 0.15) is 12.2 Å². The number of nitrogens with one attached hydrogen (secondary N) is 2. The summed E-state index contributed by atoms with van der Waals surface area (Å²) in [5.74, 6) is 0.801. The smallest absolute Gasteiger partial charge is 0.113 e. The molecule has 0 rings (SSSR count). The van der Waals surface area contributed by atoms with Crippen LogP contribution in [0.2, 0.25) is 0 Å². The normalized spacial score (nSPS) is 13.5. The van der Waals surface area contributed by atoms with Crippen LogP contribution in [-0.2, 0) is 0 Å². The third-order valence-electron chi connectivity index (χ3n) is 1.29. The Bertz CT molecular complexity index is 196. The van der Waals surface area contributed by atoms with Crippen LogP contribution < -0.4 is 5.32 Å². The Morgan fingerprint density at radius 3 is 2.33 bits per heavy atom. The molecule has 0 saturated carbocycles. The van der Waals surface area contributed by atoms with E-state index in [4.69, 9.17) is 5.41 Å². The van der Waals surface area contributed by atoms with Crippen molar-refractivity contribution in [1.82, 2.24) is 5.32 Å². The van der Waals surface area contributed by atoms with Crippen molar-refractivity contribution in [3.05, 3.63) is 12.3 Å². The van der Waals surface area contributed by atoms with E-state index in [-0.39, 0.29) is 5.41 Å². The first-order chi connectivity index (χ1) is 5.52. The van der Waals surface area contributed by atoms with Gasteiger partial charge in [0.25, 0.3) is 0 Å². The molecule has 0 fully saturated rings. The zero-order chi connectivity index (χ0) is 9.61. The van der Waals surface area contributed by atoms with Crippen LogP contribution in [0.1, 0.15) is 27.7 Å². The second-order valence-electron chi connectivity index (χ2n) is 3.50. The molecule has 3 nitrogen and oxygen atoms in total. The number of hydrogen-bond acceptors (Lipinski definition) is 1. The van der Waals surface area contributed by atoms with Crippen LogP contribution in [0.5, 0.6) is 0 Å². The lowest BCUT2D eigenvalue weighted by Crippen LogP contribution is -2.31. The Labute approximate surface area is 74.1 Å². The van der Waals surface area contributed by atoms with Gasteiger partial charge in [-0.05, 0) is 13.1 Å². The maximum absolute atomic E-state index is 6.87. The van der Waals surface area contributed by atoms with Gasteiger partial charge >= 0.3 is 0 Å². The summed E-state index contributed by atoms with van der Waals surface area (Å²) in [4.78, 5) is 3.93. The largest absolute Gasteiger partial charge is 0.350 e. The number of allylic oxidation sites excluding steroid dienone is 1. The molecule has 0 aliphatic heterocycles. The zero-order valence-electron chi connectivity index (χ0n) is 8.18. The van der Waals surface area contributed by atoms with Crippen molar-refractivity contribution < 1.29 is 0 Å². The molecular weight excluding hydrogens is 150 g/mol. The first-order valence-corrected chi connectivity index (χ1v) is 3.97. The summed E-state index contributed by atoms with van der Waals surface area (Å²) in [7, 11) is 0. The molecule has 0 aromatic rings. The third kappa shape index (κ3) is 3.91. The van der Waals surface area contributed by atoms with Crippen LogP contribution in [0, 0.1) is 10.8 Å². The molecule has 0 unspecified atom stereocenters. The number of aliphatic imine (C=N–C) groups is 1. The highest BCUT2D eigenvalue weighted by molar-refractivity contribution is 5.92. The number of hydrogen-bond donors (Lipinski definition) is 2. The van der Waals surface area contributed by atoms with Gasteiger partial charge in [-0.2, -0.15) is 0 Å². The Hall–Kier alpha value is -1.12. The van der Waals surface area contributed by atoms with Crippen molar-refractivity contribution in [3.8, 4) is 0 Å². The molecule has 0 spiro atoms. The van der Waals surface area contributed by atoms with Crippen LogP contribution in [0.3, 0.4) is 0 Å². The van der Waals surface area contributed by atoms with Gasteiger partial charge < -0.3 is 5.32 Å². The van der Waals surface area contributed by atoms with Gasteiger partial charge in [0, 0.05) is 5.41 Å². The van der Waals surface area contributed by atoms with Crippen LogP contribution in [-0.4, -0.2) is 12.2 Å². The Morgan fingerprint density at radius 2 is 2.00 bits per heavy atom. The summed E-state index contributed by atoms with van der Waals surface area (Å²) in [6.07, 6.45) is 4.76. The Kier molecular flexibility index (Phi) is 4.26. The van der Waals surface area contributed by atoms with Crippen molar-refractivity contribution in [3.63, 3.8) is 0 Å². The van der Waals surface area contributed by atoms with E-state index in [1.807, 2.05) is 40.0 Å². The van der Waals surface area contributed by atoms with Crippen LogP contribution in [0.25, 0.3) is 0 Å². The van der Waals surface area contributed by atoms with E-state index >= 15 is 0 Å². The first kappa shape index (κ1) is 10.9. The average Bonchev–Trinajstić information content (AvgIpc) is 1.95. The predicted molar refractivity (Wildman–Crippen MR) is 53.6 cm³/mol. The monoisotopic (exact) mass is 167 g/mol. The molecule has 0 aromatic carbocycles. The Morgan fingerprint density at radius 1 is 1.42 bits per heavy atom. The average molecular weight is 167 g/mol. The van der Waals surface area contributed by atoms with E-state index in [0.717, 1.165) is 12.2 Å². The predicted octanol–water partition coefficient (Wildman–Crippen LogP) is 2.16. The second kappa shape index (κ2) is 4.70. The summed E-state index contributed by atoms with van der Waals surface area (Å²) in [6.45, 7) is 8.07. The van der Waals surface area contributed by atoms with Crippen LogP contribution in [0.4, 0.5) is 0 Å². The molecule has 0 bridgehead atoms. The van der Waals surface area contributed by atoms with Crippen molar-refractivity contribution in [1.29, 1.82) is 5.41 Å². The molecular formula is C9H17N3. The molecule has 2 N–H and O–H groups in total. The Balaban J connectivity index is 4.45. The zero-order valence-corrected chi connectivity index (χ0v) is 8.18. The summed E-state index contributed by atoms with van der Waals surface area (Å²) in [5, 5.41) is 9.90. The highest BCUT2D eigenvalue weighted by Crippen LogP contribution is 2.13. The van der Waals surface area contributed by atoms with Gasteiger partial charge in [-0.3, -0.25) is 5.41 Å². The molecule has 0 heterocycles. The van der Waals surface area contributed by atoms with Gasteiger partial charge in [0.15, 0.2) is 0 Å². The van der Waals surface area contributed by atoms with Gasteiger partial charge in [-0.25, -0.2) is 4.99 Å². The molecule has 0 radical (unpaired) electrons. The van der Waals surface area contributed by atoms with Crippen molar-refractivity contribution >= 4 is 12.2 Å². The van der Waals surface area contributed by atoms with Gasteiger partial charge in [-0.15, -0.1) is 0 Å². The first-order valence-electron chi connectivity index (χ1n) is 3.97. The maximum atomic E-state index is 6.87. The van der Waals surface area contributed by atoms with E-state index in [9.17, 15) is 0 Å². The van der Waals surface area contributed by atoms with Crippen molar-refractivity contribution in [2.75, 3.05) is 0 Å². The lowest BCUT2D eigenvalue weighted by Gasteiger charge is -2.20. The SMILES string of the molecule is C/C=C\NC(=NC=N)C(C)(C)C. The van der Waals surface area contributed by atoms with E-state index in [1.165, 1.54) is 0 Å². The minimum Gasteiger partial charge on any atom is -0.350 e. The maximum Gasteiger partial charge on any atom is 0.113 e. The summed E-state index contributed by atoms with van der Waals surface area (Å²) < 4.78 is 0. The lowest BCUT2D eigenvalue weighted by atomic mass is 9.95.